The summed E-state index contributed by atoms with van der Waals surface area (Å²) in [5, 5.41) is 9.01. The van der Waals surface area contributed by atoms with Crippen LogP contribution in [-0.2, 0) is 0 Å². The highest BCUT2D eigenvalue weighted by Gasteiger charge is 2.20. The van der Waals surface area contributed by atoms with E-state index in [-0.39, 0.29) is 0 Å². The Morgan fingerprint density at radius 3 is 1.84 bits per heavy atom. The van der Waals surface area contributed by atoms with Crippen LogP contribution in [0.25, 0.3) is 89.1 Å². The van der Waals surface area contributed by atoms with Crippen molar-refractivity contribution in [2.45, 2.75) is 0 Å². The molecule has 2 heteroatoms. The highest BCUT2D eigenvalue weighted by atomic mass is 16.3. The first-order valence-corrected chi connectivity index (χ1v) is 19.0. The van der Waals surface area contributed by atoms with Crippen LogP contribution in [0.4, 0.5) is 11.4 Å². The summed E-state index contributed by atoms with van der Waals surface area (Å²) < 4.78 is 6.39. The van der Waals surface area contributed by atoms with Crippen LogP contribution in [0.2, 0.25) is 0 Å². The fourth-order valence-corrected chi connectivity index (χ4v) is 8.09. The maximum Gasteiger partial charge on any atom is 0.136 e. The van der Waals surface area contributed by atoms with Crippen LogP contribution < -0.4 is 15.3 Å². The van der Waals surface area contributed by atoms with Gasteiger partial charge in [-0.1, -0.05) is 153 Å². The van der Waals surface area contributed by atoms with Gasteiger partial charge in [-0.05, 0) is 115 Å². The Hall–Kier alpha value is -7.42. The summed E-state index contributed by atoms with van der Waals surface area (Å²) in [5.74, 6) is 0. The van der Waals surface area contributed by atoms with Crippen LogP contribution in [0.1, 0.15) is 0 Å². The molecule has 1 aromatic heterocycles. The van der Waals surface area contributed by atoms with E-state index in [1.165, 1.54) is 38.2 Å². The van der Waals surface area contributed by atoms with Crippen LogP contribution in [0.15, 0.2) is 211 Å². The number of benzene rings is 9. The smallest absolute Gasteiger partial charge is 0.136 e. The molecule has 10 aromatic rings. The summed E-state index contributed by atoms with van der Waals surface area (Å²) in [5.41, 5.74) is 11.7. The van der Waals surface area contributed by atoms with Gasteiger partial charge in [0.25, 0.3) is 0 Å². The molecule has 0 atom stereocenters. The zero-order chi connectivity index (χ0) is 37.6. The summed E-state index contributed by atoms with van der Waals surface area (Å²) in [7, 11) is 0. The van der Waals surface area contributed by atoms with Crippen molar-refractivity contribution in [3.63, 3.8) is 0 Å². The van der Waals surface area contributed by atoms with Crippen LogP contribution in [0, 0.1) is 0 Å². The predicted molar refractivity (Wildman–Crippen MR) is 238 cm³/mol. The van der Waals surface area contributed by atoms with E-state index in [1.807, 2.05) is 12.1 Å². The summed E-state index contributed by atoms with van der Waals surface area (Å²) in [6.07, 6.45) is 1.94. The number of anilines is 2. The summed E-state index contributed by atoms with van der Waals surface area (Å²) in [4.78, 5) is 2.31. The Balaban J connectivity index is 1.10. The molecule has 0 spiro atoms. The molecule has 0 aliphatic heterocycles. The summed E-state index contributed by atoms with van der Waals surface area (Å²) in [6.45, 7) is 8.77. The van der Waals surface area contributed by atoms with E-state index >= 15 is 0 Å². The Kier molecular flexibility index (Phi) is 8.16. The number of rotatable bonds is 7. The van der Waals surface area contributed by atoms with Gasteiger partial charge in [0.2, 0.25) is 0 Å². The lowest BCUT2D eigenvalue weighted by atomic mass is 9.96. The molecule has 2 nitrogen and oxygen atoms in total. The molecule has 0 saturated carbocycles. The van der Waals surface area contributed by atoms with E-state index < -0.39 is 0 Å². The first-order valence-electron chi connectivity index (χ1n) is 19.0. The van der Waals surface area contributed by atoms with Crippen molar-refractivity contribution in [3.05, 3.63) is 217 Å². The third kappa shape index (κ3) is 5.85. The number of furan rings is 1. The molecule has 10 rings (SSSR count). The quantitative estimate of drug-likeness (QED) is 0.163. The van der Waals surface area contributed by atoms with E-state index in [2.05, 4.69) is 206 Å². The van der Waals surface area contributed by atoms with Crippen molar-refractivity contribution in [1.82, 2.24) is 0 Å². The first-order chi connectivity index (χ1) is 27.6. The van der Waals surface area contributed by atoms with Gasteiger partial charge in [-0.15, -0.1) is 0 Å². The highest BCUT2D eigenvalue weighted by Crippen LogP contribution is 2.41. The predicted octanol–water partition coefficient (Wildman–Crippen LogP) is 13.4. The van der Waals surface area contributed by atoms with Gasteiger partial charge in [0.1, 0.15) is 11.2 Å². The van der Waals surface area contributed by atoms with Crippen molar-refractivity contribution in [3.8, 4) is 33.4 Å². The largest absolute Gasteiger partial charge is 0.456 e. The molecule has 0 unspecified atom stereocenters. The third-order valence-corrected chi connectivity index (χ3v) is 10.9. The molecule has 0 radical (unpaired) electrons. The van der Waals surface area contributed by atoms with E-state index in [1.54, 1.807) is 0 Å². The lowest BCUT2D eigenvalue weighted by Crippen LogP contribution is -2.31. The molecule has 56 heavy (non-hydrogen) atoms. The molecular formula is C54H37NO. The lowest BCUT2D eigenvalue weighted by Gasteiger charge is -2.29. The summed E-state index contributed by atoms with van der Waals surface area (Å²) >= 11 is 0. The average molecular weight is 716 g/mol. The Morgan fingerprint density at radius 2 is 1.05 bits per heavy atom. The third-order valence-electron chi connectivity index (χ3n) is 10.9. The normalized spacial score (nSPS) is 12.0. The van der Waals surface area contributed by atoms with Crippen LogP contribution in [-0.4, -0.2) is 0 Å². The fourth-order valence-electron chi connectivity index (χ4n) is 8.09. The van der Waals surface area contributed by atoms with Crippen molar-refractivity contribution in [2.75, 3.05) is 4.90 Å². The standard InChI is InChI=1S/C54H37NO/c1-3-51(47-20-9-4-13-36(47)2)55(46-28-25-38(26-29-46)40-18-12-19-41(31-40)44-24-23-37-14-5-6-15-39(37)32-44)52-22-11-10-21-48(52)45-27-30-53-49(34-45)50-33-42-16-7-8-17-43(42)35-54(50)56-53/h3-35H,1-2H2/b51-47+. The van der Waals surface area contributed by atoms with Crippen LogP contribution in [0.5, 0.6) is 0 Å². The molecule has 0 saturated heterocycles. The van der Waals surface area contributed by atoms with Crippen LogP contribution in [0.3, 0.4) is 0 Å². The van der Waals surface area contributed by atoms with Crippen molar-refractivity contribution < 1.29 is 4.42 Å². The van der Waals surface area contributed by atoms with Crippen molar-refractivity contribution in [2.24, 2.45) is 0 Å². The average Bonchev–Trinajstić information content (AvgIpc) is 3.61. The molecule has 0 aliphatic rings. The maximum atomic E-state index is 6.39. The van der Waals surface area contributed by atoms with Gasteiger partial charge in [0.05, 0.1) is 11.4 Å². The first kappa shape index (κ1) is 33.2. The molecular weight excluding hydrogens is 679 g/mol. The van der Waals surface area contributed by atoms with Crippen molar-refractivity contribution in [1.29, 1.82) is 0 Å². The van der Waals surface area contributed by atoms with Gasteiger partial charge < -0.3 is 9.32 Å². The molecule has 0 fully saturated rings. The summed E-state index contributed by atoms with van der Waals surface area (Å²) in [6, 6.07) is 69.1. The minimum atomic E-state index is 0.873. The molecule has 0 amide bonds. The van der Waals surface area contributed by atoms with Gasteiger partial charge in [0.15, 0.2) is 0 Å². The van der Waals surface area contributed by atoms with E-state index in [9.17, 15) is 0 Å². The molecule has 1 heterocycles. The molecule has 0 aliphatic carbocycles. The zero-order valence-corrected chi connectivity index (χ0v) is 30.8. The number of para-hydroxylation sites is 1. The van der Waals surface area contributed by atoms with E-state index in [0.717, 1.165) is 66.1 Å². The molecule has 0 N–H and O–H groups in total. The number of nitrogens with zero attached hydrogens (tertiary/aromatic N) is 1. The van der Waals surface area contributed by atoms with Gasteiger partial charge in [-0.2, -0.15) is 0 Å². The van der Waals surface area contributed by atoms with Gasteiger partial charge in [-0.25, -0.2) is 0 Å². The maximum absolute atomic E-state index is 6.39. The van der Waals surface area contributed by atoms with Crippen molar-refractivity contribution >= 4 is 67.1 Å². The monoisotopic (exact) mass is 715 g/mol. The van der Waals surface area contributed by atoms with Gasteiger partial charge in [-0.3, -0.25) is 0 Å². The number of fused-ring (bicyclic) bond motifs is 5. The molecule has 0 bridgehead atoms. The topological polar surface area (TPSA) is 16.4 Å². The molecule has 264 valence electrons. The van der Waals surface area contributed by atoms with Gasteiger partial charge in [0, 0.05) is 27.2 Å². The number of hydrogen-bond acceptors (Lipinski definition) is 2. The fraction of sp³-hybridized carbons (Fsp3) is 0. The second kappa shape index (κ2) is 13.8. The Labute approximate surface area is 325 Å². The Morgan fingerprint density at radius 1 is 0.446 bits per heavy atom. The molecule has 9 aromatic carbocycles. The second-order valence-corrected chi connectivity index (χ2v) is 14.3. The Bertz CT molecular complexity index is 3240. The van der Waals surface area contributed by atoms with E-state index in [4.69, 9.17) is 4.42 Å². The highest BCUT2D eigenvalue weighted by molar-refractivity contribution is 6.11. The van der Waals surface area contributed by atoms with Gasteiger partial charge >= 0.3 is 0 Å². The minimum absolute atomic E-state index is 0.873. The number of hydrogen-bond donors (Lipinski definition) is 0. The zero-order valence-electron chi connectivity index (χ0n) is 30.8. The second-order valence-electron chi connectivity index (χ2n) is 14.3. The van der Waals surface area contributed by atoms with Crippen LogP contribution >= 0.6 is 0 Å². The SMILES string of the molecule is C=C/C(=c1/ccccc1=C)N(c1ccc(-c2cccc(-c3ccc4ccccc4c3)c2)cc1)c1ccccc1-c1ccc2oc3cc4ccccc4cc3c2c1. The lowest BCUT2D eigenvalue weighted by molar-refractivity contribution is 0.669. The van der Waals surface area contributed by atoms with E-state index in [0.29, 0.717) is 0 Å². The minimum Gasteiger partial charge on any atom is -0.456 e.